The first-order valence-electron chi connectivity index (χ1n) is 10.2. The lowest BCUT2D eigenvalue weighted by Crippen LogP contribution is -3.11. The van der Waals surface area contributed by atoms with Crippen molar-refractivity contribution in [3.05, 3.63) is 45.8 Å². The fourth-order valence-electron chi connectivity index (χ4n) is 3.51. The summed E-state index contributed by atoms with van der Waals surface area (Å²) in [7, 11) is -0.670. The van der Waals surface area contributed by atoms with Gasteiger partial charge in [0.2, 0.25) is 10.0 Å². The zero-order chi connectivity index (χ0) is 22.8. The molecule has 1 amide bonds. The highest BCUT2D eigenvalue weighted by atomic mass is 32.2. The third kappa shape index (κ3) is 4.82. The van der Waals surface area contributed by atoms with Crippen molar-refractivity contribution in [3.8, 4) is 0 Å². The molecule has 0 saturated carbocycles. The van der Waals surface area contributed by atoms with Gasteiger partial charge < -0.3 is 15.0 Å². The molecule has 1 aliphatic rings. The number of rotatable bonds is 7. The first kappa shape index (κ1) is 23.4. The molecule has 0 fully saturated rings. The fourth-order valence-corrected chi connectivity index (χ4v) is 5.71. The monoisotopic (exact) mass is 466 g/mol. The van der Waals surface area contributed by atoms with Gasteiger partial charge in [0.25, 0.3) is 5.91 Å². The molecular formula is C21H28N3O5S2+. The molecule has 10 heteroatoms. The number of ether oxygens (including phenoxy) is 1. The number of thiophene rings is 1. The molecule has 0 spiro atoms. The van der Waals surface area contributed by atoms with Crippen molar-refractivity contribution in [2.75, 3.05) is 39.1 Å². The number of hydrogen-bond acceptors (Lipinski definition) is 6. The van der Waals surface area contributed by atoms with Crippen LogP contribution in [0.3, 0.4) is 0 Å². The first-order chi connectivity index (χ1) is 14.7. The van der Waals surface area contributed by atoms with E-state index in [1.165, 1.54) is 54.6 Å². The maximum atomic E-state index is 12.9. The molecule has 2 heterocycles. The van der Waals surface area contributed by atoms with E-state index in [0.717, 1.165) is 40.8 Å². The highest BCUT2D eigenvalue weighted by molar-refractivity contribution is 7.89. The number of amides is 1. The van der Waals surface area contributed by atoms with Gasteiger partial charge in [0.05, 0.1) is 35.0 Å². The van der Waals surface area contributed by atoms with Gasteiger partial charge in [-0.3, -0.25) is 4.79 Å². The topological polar surface area (TPSA) is 97.2 Å². The number of carbonyl (C=O) groups is 2. The molecule has 2 aromatic rings. The molecule has 168 valence electrons. The summed E-state index contributed by atoms with van der Waals surface area (Å²) >= 11 is 1.41. The van der Waals surface area contributed by atoms with Crippen LogP contribution in [-0.4, -0.2) is 58.4 Å². The number of fused-ring (bicyclic) bond motifs is 1. The van der Waals surface area contributed by atoms with Crippen LogP contribution in [0.2, 0.25) is 0 Å². The predicted molar refractivity (Wildman–Crippen MR) is 119 cm³/mol. The van der Waals surface area contributed by atoms with Crippen LogP contribution in [0.4, 0.5) is 5.00 Å². The maximum Gasteiger partial charge on any atom is 0.341 e. The molecule has 1 aromatic carbocycles. The second-order valence-electron chi connectivity index (χ2n) is 7.47. The van der Waals surface area contributed by atoms with E-state index in [1.807, 2.05) is 0 Å². The number of nitrogens with one attached hydrogen (secondary N) is 2. The number of quaternary nitrogens is 1. The lowest BCUT2D eigenvalue weighted by molar-refractivity contribution is -0.913. The molecule has 1 unspecified atom stereocenters. The molecule has 1 atom stereocenters. The summed E-state index contributed by atoms with van der Waals surface area (Å²) in [6, 6.07) is 5.73. The Balaban J connectivity index is 1.89. The molecular weight excluding hydrogens is 438 g/mol. The molecule has 0 aliphatic carbocycles. The quantitative estimate of drug-likeness (QED) is 0.601. The van der Waals surface area contributed by atoms with Crippen LogP contribution in [-0.2, 0) is 27.7 Å². The number of likely N-dealkylation sites (N-methyl/N-ethyl adjacent to an activating group) is 1. The van der Waals surface area contributed by atoms with Crippen LogP contribution in [0, 0.1) is 0 Å². The highest BCUT2D eigenvalue weighted by Crippen LogP contribution is 2.35. The summed E-state index contributed by atoms with van der Waals surface area (Å²) in [5.41, 5.74) is 1.71. The first-order valence-corrected chi connectivity index (χ1v) is 12.4. The Bertz CT molecular complexity index is 1080. The van der Waals surface area contributed by atoms with E-state index in [1.54, 1.807) is 6.92 Å². The van der Waals surface area contributed by atoms with Crippen molar-refractivity contribution in [1.29, 1.82) is 0 Å². The zero-order valence-corrected chi connectivity index (χ0v) is 19.8. The fraction of sp³-hybridized carbons (Fsp3) is 0.429. The minimum atomic E-state index is -3.57. The Kier molecular flexibility index (Phi) is 7.15. The van der Waals surface area contributed by atoms with Crippen LogP contribution in [0.15, 0.2) is 29.2 Å². The van der Waals surface area contributed by atoms with Crippen molar-refractivity contribution in [1.82, 2.24) is 4.31 Å². The van der Waals surface area contributed by atoms with Crippen LogP contribution in [0.5, 0.6) is 0 Å². The van der Waals surface area contributed by atoms with Crippen LogP contribution in [0.25, 0.3) is 0 Å². The number of carbonyl (C=O) groups excluding carboxylic acids is 2. The second-order valence-corrected chi connectivity index (χ2v) is 10.7. The lowest BCUT2D eigenvalue weighted by atomic mass is 10.0. The molecule has 31 heavy (non-hydrogen) atoms. The van der Waals surface area contributed by atoms with Gasteiger partial charge in [-0.15, -0.1) is 11.3 Å². The van der Waals surface area contributed by atoms with Crippen molar-refractivity contribution >= 4 is 38.2 Å². The van der Waals surface area contributed by atoms with Gasteiger partial charge >= 0.3 is 5.97 Å². The van der Waals surface area contributed by atoms with Crippen molar-refractivity contribution in [2.24, 2.45) is 0 Å². The van der Waals surface area contributed by atoms with E-state index in [-0.39, 0.29) is 11.5 Å². The summed E-state index contributed by atoms with van der Waals surface area (Å²) in [5.74, 6) is -0.833. The van der Waals surface area contributed by atoms with Crippen LogP contribution < -0.4 is 10.2 Å². The third-order valence-corrected chi connectivity index (χ3v) is 8.31. The van der Waals surface area contributed by atoms with Gasteiger partial charge in [0.1, 0.15) is 11.5 Å². The Labute approximate surface area is 186 Å². The van der Waals surface area contributed by atoms with E-state index < -0.39 is 21.9 Å². The Morgan fingerprint density at radius 2 is 1.87 bits per heavy atom. The largest absolute Gasteiger partial charge is 0.462 e. The zero-order valence-electron chi connectivity index (χ0n) is 18.1. The normalized spacial score (nSPS) is 16.1. The maximum absolute atomic E-state index is 12.9. The molecule has 3 rings (SSSR count). The van der Waals surface area contributed by atoms with Crippen molar-refractivity contribution < 1.29 is 27.6 Å². The van der Waals surface area contributed by atoms with E-state index in [2.05, 4.69) is 12.2 Å². The summed E-state index contributed by atoms with van der Waals surface area (Å²) in [6.45, 7) is 6.88. The smallest absolute Gasteiger partial charge is 0.341 e. The Hall–Kier alpha value is -2.27. The second kappa shape index (κ2) is 9.47. The molecule has 2 N–H and O–H groups in total. The van der Waals surface area contributed by atoms with Gasteiger partial charge in [-0.05, 0) is 43.7 Å². The Morgan fingerprint density at radius 3 is 2.45 bits per heavy atom. The van der Waals surface area contributed by atoms with Crippen molar-refractivity contribution in [2.45, 2.75) is 31.7 Å². The van der Waals surface area contributed by atoms with Gasteiger partial charge in [0.15, 0.2) is 0 Å². The summed E-state index contributed by atoms with van der Waals surface area (Å²) in [5, 5.41) is 3.33. The Morgan fingerprint density at radius 1 is 1.19 bits per heavy atom. The number of esters is 1. The number of nitrogens with zero attached hydrogens (tertiary/aromatic N) is 1. The van der Waals surface area contributed by atoms with Crippen LogP contribution >= 0.6 is 11.3 Å². The average Bonchev–Trinajstić information content (AvgIpc) is 3.10. The van der Waals surface area contributed by atoms with Gasteiger partial charge in [-0.25, -0.2) is 17.5 Å². The third-order valence-electron chi connectivity index (χ3n) is 5.33. The van der Waals surface area contributed by atoms with Gasteiger partial charge in [-0.1, -0.05) is 0 Å². The van der Waals surface area contributed by atoms with Crippen LogP contribution in [0.1, 0.15) is 45.0 Å². The SMILES string of the molecule is CCOC(=O)c1c(NC(=O)c2ccc(S(=O)(=O)N(C)C)cc2)sc2c1CC[NH+](CC)C2. The van der Waals surface area contributed by atoms with E-state index in [4.69, 9.17) is 4.74 Å². The molecule has 0 radical (unpaired) electrons. The average molecular weight is 467 g/mol. The summed E-state index contributed by atoms with van der Waals surface area (Å²) in [6.07, 6.45) is 0.760. The minimum Gasteiger partial charge on any atom is -0.462 e. The van der Waals surface area contributed by atoms with E-state index >= 15 is 0 Å². The van der Waals surface area contributed by atoms with E-state index in [9.17, 15) is 18.0 Å². The summed E-state index contributed by atoms with van der Waals surface area (Å²) < 4.78 is 30.8. The molecule has 1 aromatic heterocycles. The van der Waals surface area contributed by atoms with E-state index in [0.29, 0.717) is 16.1 Å². The van der Waals surface area contributed by atoms with Gasteiger partial charge in [0, 0.05) is 26.1 Å². The summed E-state index contributed by atoms with van der Waals surface area (Å²) in [4.78, 5) is 28.1. The standard InChI is InChI=1S/C21H27N3O5S2/c1-5-24-12-11-16-17(13-24)30-20(18(16)21(26)29-6-2)22-19(25)14-7-9-15(10-8-14)31(27,28)23(3)4/h7-10H,5-6,11-13H2,1-4H3,(H,22,25)/p+1. The molecule has 0 saturated heterocycles. The molecule has 0 bridgehead atoms. The lowest BCUT2D eigenvalue weighted by Gasteiger charge is -2.22. The molecule has 8 nitrogen and oxygen atoms in total. The van der Waals surface area contributed by atoms with Crippen molar-refractivity contribution in [3.63, 3.8) is 0 Å². The number of sulfonamides is 1. The molecule has 1 aliphatic heterocycles. The highest BCUT2D eigenvalue weighted by Gasteiger charge is 2.31. The predicted octanol–water partition coefficient (Wildman–Crippen LogP) is 1.39. The number of benzene rings is 1. The van der Waals surface area contributed by atoms with Gasteiger partial charge in [-0.2, -0.15) is 0 Å². The number of hydrogen-bond donors (Lipinski definition) is 2. The minimum absolute atomic E-state index is 0.107. The number of anilines is 1.